The Balaban J connectivity index is 1.68. The maximum atomic E-state index is 6.20. The highest BCUT2D eigenvalue weighted by Crippen LogP contribution is 2.34. The van der Waals surface area contributed by atoms with Gasteiger partial charge in [-0.15, -0.1) is 0 Å². The van der Waals surface area contributed by atoms with Gasteiger partial charge in [0.15, 0.2) is 5.75 Å². The molecule has 5 heteroatoms. The molecule has 0 saturated carbocycles. The minimum atomic E-state index is 0.677. The van der Waals surface area contributed by atoms with E-state index in [1.807, 2.05) is 19.1 Å². The number of ether oxygens (including phenoxy) is 2. The Labute approximate surface area is 134 Å². The first kappa shape index (κ1) is 16.1. The summed E-state index contributed by atoms with van der Waals surface area (Å²) in [6.07, 6.45) is 2.23. The quantitative estimate of drug-likeness (QED) is 0.785. The van der Waals surface area contributed by atoms with Crippen molar-refractivity contribution < 1.29 is 14.4 Å². The second-order valence-corrected chi connectivity index (χ2v) is 6.49. The molecule has 0 aromatic heterocycles. The fraction of sp³-hybridized carbons (Fsp3) is 0.600. The van der Waals surface area contributed by atoms with Crippen molar-refractivity contribution in [2.75, 3.05) is 39.5 Å². The van der Waals surface area contributed by atoms with Crippen LogP contribution in [-0.2, 0) is 4.74 Å². The molecule has 0 unspecified atom stereocenters. The lowest BCUT2D eigenvalue weighted by Gasteiger charge is -2.23. The maximum absolute atomic E-state index is 6.20. The molecule has 0 amide bonds. The molecule has 1 aliphatic heterocycles. The summed E-state index contributed by atoms with van der Waals surface area (Å²) in [7, 11) is 0. The average molecular weight is 364 g/mol. The van der Waals surface area contributed by atoms with Gasteiger partial charge in [-0.2, -0.15) is 0 Å². The molecule has 1 fully saturated rings. The van der Waals surface area contributed by atoms with Crippen LogP contribution in [0.2, 0.25) is 5.02 Å². The highest BCUT2D eigenvalue weighted by atomic mass is 79.9. The van der Waals surface area contributed by atoms with Crippen molar-refractivity contribution in [3.05, 3.63) is 27.2 Å². The summed E-state index contributed by atoms with van der Waals surface area (Å²) in [5.41, 5.74) is 1.13. The van der Waals surface area contributed by atoms with Crippen molar-refractivity contribution >= 4 is 27.5 Å². The number of hydrogen-bond donors (Lipinski definition) is 1. The van der Waals surface area contributed by atoms with Crippen LogP contribution in [-0.4, -0.2) is 39.5 Å². The predicted molar refractivity (Wildman–Crippen MR) is 85.0 cm³/mol. The molecule has 1 saturated heterocycles. The summed E-state index contributed by atoms with van der Waals surface area (Å²) in [4.78, 5) is 1.64. The molecular formula is C15H22BrClNO2+. The first-order valence-electron chi connectivity index (χ1n) is 7.16. The Morgan fingerprint density at radius 3 is 2.75 bits per heavy atom. The standard InChI is InChI=1S/C15H21BrClNO2/c1-12-10-13(16)15(14(17)11-12)20-7-3-2-4-18-5-8-19-9-6-18/h10-11H,2-9H2,1H3/p+1. The smallest absolute Gasteiger partial charge is 0.152 e. The van der Waals surface area contributed by atoms with Crippen LogP contribution >= 0.6 is 27.5 Å². The number of hydrogen-bond acceptors (Lipinski definition) is 2. The molecule has 0 atom stereocenters. The Bertz CT molecular complexity index is 413. The molecule has 20 heavy (non-hydrogen) atoms. The van der Waals surface area contributed by atoms with Crippen molar-refractivity contribution in [2.24, 2.45) is 0 Å². The second-order valence-electron chi connectivity index (χ2n) is 5.23. The van der Waals surface area contributed by atoms with Gasteiger partial charge in [0, 0.05) is 0 Å². The van der Waals surface area contributed by atoms with Gasteiger partial charge in [-0.3, -0.25) is 0 Å². The number of quaternary nitrogens is 1. The third kappa shape index (κ3) is 4.92. The van der Waals surface area contributed by atoms with Crippen LogP contribution in [0.1, 0.15) is 18.4 Å². The fourth-order valence-corrected chi connectivity index (χ4v) is 3.52. The number of rotatable bonds is 6. The van der Waals surface area contributed by atoms with E-state index in [-0.39, 0.29) is 0 Å². The normalized spacial score (nSPS) is 16.4. The van der Waals surface area contributed by atoms with Gasteiger partial charge in [0.05, 0.1) is 35.9 Å². The van der Waals surface area contributed by atoms with E-state index in [1.165, 1.54) is 13.0 Å². The third-order valence-corrected chi connectivity index (χ3v) is 4.38. The highest BCUT2D eigenvalue weighted by Gasteiger charge is 2.13. The van der Waals surface area contributed by atoms with E-state index < -0.39 is 0 Å². The molecule has 1 heterocycles. The van der Waals surface area contributed by atoms with Crippen LogP contribution in [0.4, 0.5) is 0 Å². The lowest BCUT2D eigenvalue weighted by Crippen LogP contribution is -3.14. The molecule has 1 aliphatic rings. The van der Waals surface area contributed by atoms with Gasteiger partial charge < -0.3 is 14.4 Å². The monoisotopic (exact) mass is 362 g/mol. The number of benzene rings is 1. The number of aryl methyl sites for hydroxylation is 1. The van der Waals surface area contributed by atoms with Gasteiger partial charge in [0.2, 0.25) is 0 Å². The van der Waals surface area contributed by atoms with Crippen molar-refractivity contribution in [1.82, 2.24) is 0 Å². The van der Waals surface area contributed by atoms with Gasteiger partial charge >= 0.3 is 0 Å². The van der Waals surface area contributed by atoms with E-state index in [0.717, 1.165) is 48.5 Å². The topological polar surface area (TPSA) is 22.9 Å². The molecule has 1 aromatic carbocycles. The summed E-state index contributed by atoms with van der Waals surface area (Å²) >= 11 is 9.70. The van der Waals surface area contributed by atoms with Gasteiger partial charge in [-0.1, -0.05) is 11.6 Å². The molecule has 0 radical (unpaired) electrons. The minimum absolute atomic E-state index is 0.677. The van der Waals surface area contributed by atoms with Crippen LogP contribution in [0.5, 0.6) is 5.75 Å². The second kappa shape index (κ2) is 8.23. The lowest BCUT2D eigenvalue weighted by atomic mass is 10.2. The van der Waals surface area contributed by atoms with Crippen molar-refractivity contribution in [1.29, 1.82) is 0 Å². The zero-order valence-electron chi connectivity index (χ0n) is 11.9. The van der Waals surface area contributed by atoms with Crippen LogP contribution < -0.4 is 9.64 Å². The van der Waals surface area contributed by atoms with Gasteiger partial charge in [0.1, 0.15) is 13.1 Å². The molecule has 3 nitrogen and oxygen atoms in total. The van der Waals surface area contributed by atoms with Crippen molar-refractivity contribution in [2.45, 2.75) is 19.8 Å². The molecule has 0 spiro atoms. The Morgan fingerprint density at radius 1 is 1.30 bits per heavy atom. The van der Waals surface area contributed by atoms with E-state index in [1.54, 1.807) is 4.90 Å². The SMILES string of the molecule is Cc1cc(Cl)c(OCCCC[NH+]2CCOCC2)c(Br)c1. The number of halogens is 2. The van der Waals surface area contributed by atoms with Crippen molar-refractivity contribution in [3.63, 3.8) is 0 Å². The Kier molecular flexibility index (Phi) is 6.62. The van der Waals surface area contributed by atoms with E-state index in [9.17, 15) is 0 Å². The van der Waals surface area contributed by atoms with E-state index in [4.69, 9.17) is 21.1 Å². The van der Waals surface area contributed by atoms with Gasteiger partial charge in [0.25, 0.3) is 0 Å². The predicted octanol–water partition coefficient (Wildman–Crippen LogP) is 2.49. The Morgan fingerprint density at radius 2 is 2.05 bits per heavy atom. The largest absolute Gasteiger partial charge is 0.491 e. The molecule has 0 aliphatic carbocycles. The van der Waals surface area contributed by atoms with Gasteiger partial charge in [-0.25, -0.2) is 0 Å². The number of nitrogens with one attached hydrogen (secondary N) is 1. The zero-order chi connectivity index (χ0) is 14.4. The molecule has 0 bridgehead atoms. The van der Waals surface area contributed by atoms with Gasteiger partial charge in [-0.05, 0) is 53.4 Å². The van der Waals surface area contributed by atoms with Crippen LogP contribution in [0.15, 0.2) is 16.6 Å². The summed E-state index contributed by atoms with van der Waals surface area (Å²) < 4.78 is 12.1. The van der Waals surface area contributed by atoms with E-state index >= 15 is 0 Å². The highest BCUT2D eigenvalue weighted by molar-refractivity contribution is 9.10. The number of unbranched alkanes of at least 4 members (excludes halogenated alkanes) is 1. The molecular weight excluding hydrogens is 342 g/mol. The summed E-state index contributed by atoms with van der Waals surface area (Å²) in [6, 6.07) is 3.96. The number of morpholine rings is 1. The van der Waals surface area contributed by atoms with Crippen LogP contribution in [0.25, 0.3) is 0 Å². The van der Waals surface area contributed by atoms with E-state index in [0.29, 0.717) is 11.6 Å². The Hall–Kier alpha value is -0.290. The third-order valence-electron chi connectivity index (χ3n) is 3.51. The first-order chi connectivity index (χ1) is 9.66. The first-order valence-corrected chi connectivity index (χ1v) is 8.33. The molecule has 112 valence electrons. The summed E-state index contributed by atoms with van der Waals surface area (Å²) in [5.74, 6) is 0.760. The van der Waals surface area contributed by atoms with E-state index in [2.05, 4.69) is 15.9 Å². The summed E-state index contributed by atoms with van der Waals surface area (Å²) in [5, 5.41) is 0.677. The summed E-state index contributed by atoms with van der Waals surface area (Å²) in [6.45, 7) is 8.01. The molecule has 1 aromatic rings. The molecule has 2 rings (SSSR count). The zero-order valence-corrected chi connectivity index (χ0v) is 14.2. The lowest BCUT2D eigenvalue weighted by molar-refractivity contribution is -0.908. The maximum Gasteiger partial charge on any atom is 0.152 e. The average Bonchev–Trinajstić information content (AvgIpc) is 2.42. The van der Waals surface area contributed by atoms with Crippen LogP contribution in [0.3, 0.4) is 0 Å². The minimum Gasteiger partial charge on any atom is -0.491 e. The van der Waals surface area contributed by atoms with Crippen molar-refractivity contribution in [3.8, 4) is 5.75 Å². The van der Waals surface area contributed by atoms with Crippen LogP contribution in [0, 0.1) is 6.92 Å². The fourth-order valence-electron chi connectivity index (χ4n) is 2.39. The molecule has 1 N–H and O–H groups in total.